The molecule has 0 unspecified atom stereocenters. The number of aliphatic hydroxyl groups is 1. The summed E-state index contributed by atoms with van der Waals surface area (Å²) in [5, 5.41) is 22.4. The first-order chi connectivity index (χ1) is 8.49. The molecule has 2 atom stereocenters. The third kappa shape index (κ3) is 7.64. The van der Waals surface area contributed by atoms with E-state index in [1.807, 2.05) is 0 Å². The Morgan fingerprint density at radius 1 is 1.44 bits per heavy atom. The number of carbonyl (C=O) groups excluding carboxylic acids is 1. The second-order valence-electron chi connectivity index (χ2n) is 3.65. The van der Waals surface area contributed by atoms with E-state index in [2.05, 4.69) is 17.2 Å². The van der Waals surface area contributed by atoms with Crippen LogP contribution in [0.3, 0.4) is 0 Å². The van der Waals surface area contributed by atoms with Crippen molar-refractivity contribution in [2.24, 2.45) is 0 Å². The van der Waals surface area contributed by atoms with Crippen LogP contribution in [0.1, 0.15) is 13.3 Å². The van der Waals surface area contributed by atoms with Gasteiger partial charge in [-0.25, -0.2) is 9.59 Å². The highest BCUT2D eigenvalue weighted by atomic mass is 16.5. The van der Waals surface area contributed by atoms with Crippen molar-refractivity contribution in [2.45, 2.75) is 25.5 Å². The van der Waals surface area contributed by atoms with E-state index in [0.29, 0.717) is 13.2 Å². The van der Waals surface area contributed by atoms with Crippen LogP contribution in [-0.2, 0) is 9.53 Å². The van der Waals surface area contributed by atoms with Crippen LogP contribution >= 0.6 is 0 Å². The molecule has 7 nitrogen and oxygen atoms in total. The summed E-state index contributed by atoms with van der Waals surface area (Å²) < 4.78 is 5.14. The molecule has 0 aliphatic heterocycles. The van der Waals surface area contributed by atoms with Gasteiger partial charge >= 0.3 is 12.0 Å². The van der Waals surface area contributed by atoms with Gasteiger partial charge in [-0.15, -0.1) is 6.58 Å². The fourth-order valence-corrected chi connectivity index (χ4v) is 1.09. The molecule has 7 heteroatoms. The largest absolute Gasteiger partial charge is 0.480 e. The molecular formula is C11H20N2O5. The fourth-order valence-electron chi connectivity index (χ4n) is 1.09. The van der Waals surface area contributed by atoms with E-state index in [4.69, 9.17) is 14.9 Å². The Kier molecular flexibility index (Phi) is 8.59. The van der Waals surface area contributed by atoms with Gasteiger partial charge in [-0.1, -0.05) is 6.08 Å². The smallest absolute Gasteiger partial charge is 0.328 e. The Morgan fingerprint density at radius 2 is 2.11 bits per heavy atom. The summed E-state index contributed by atoms with van der Waals surface area (Å²) in [6.45, 7) is 5.93. The Morgan fingerprint density at radius 3 is 2.61 bits per heavy atom. The minimum Gasteiger partial charge on any atom is -0.480 e. The molecule has 0 aliphatic rings. The molecule has 0 radical (unpaired) electrons. The zero-order valence-corrected chi connectivity index (χ0v) is 10.4. The quantitative estimate of drug-likeness (QED) is 0.336. The first kappa shape index (κ1) is 16.4. The van der Waals surface area contributed by atoms with Gasteiger partial charge in [-0.3, -0.25) is 0 Å². The average Bonchev–Trinajstić information content (AvgIpc) is 2.29. The molecule has 2 amide bonds. The molecule has 0 spiro atoms. The monoisotopic (exact) mass is 260 g/mol. The molecule has 0 saturated heterocycles. The summed E-state index contributed by atoms with van der Waals surface area (Å²) in [4.78, 5) is 22.0. The van der Waals surface area contributed by atoms with Crippen LogP contribution in [0.15, 0.2) is 12.7 Å². The predicted molar refractivity (Wildman–Crippen MR) is 65.3 cm³/mol. The lowest BCUT2D eigenvalue weighted by Crippen LogP contribution is -2.51. The zero-order valence-electron chi connectivity index (χ0n) is 10.4. The minimum atomic E-state index is -1.33. The number of aliphatic carboxylic acids is 1. The van der Waals surface area contributed by atoms with E-state index in [-0.39, 0.29) is 6.54 Å². The van der Waals surface area contributed by atoms with Gasteiger partial charge in [-0.2, -0.15) is 0 Å². The van der Waals surface area contributed by atoms with E-state index in [1.54, 1.807) is 6.08 Å². The summed E-state index contributed by atoms with van der Waals surface area (Å²) >= 11 is 0. The highest BCUT2D eigenvalue weighted by molar-refractivity contribution is 5.82. The molecule has 0 fully saturated rings. The highest BCUT2D eigenvalue weighted by Crippen LogP contribution is 1.92. The maximum absolute atomic E-state index is 11.3. The van der Waals surface area contributed by atoms with E-state index in [9.17, 15) is 9.59 Å². The van der Waals surface area contributed by atoms with Gasteiger partial charge in [-0.05, 0) is 13.3 Å². The van der Waals surface area contributed by atoms with Crippen LogP contribution in [0, 0.1) is 0 Å². The van der Waals surface area contributed by atoms with Crippen molar-refractivity contribution < 1.29 is 24.5 Å². The molecule has 0 saturated carbocycles. The summed E-state index contributed by atoms with van der Waals surface area (Å²) in [7, 11) is 0. The summed E-state index contributed by atoms with van der Waals surface area (Å²) in [5.41, 5.74) is 0. The van der Waals surface area contributed by atoms with Gasteiger partial charge in [0.25, 0.3) is 0 Å². The van der Waals surface area contributed by atoms with E-state index in [0.717, 1.165) is 6.42 Å². The molecule has 104 valence electrons. The van der Waals surface area contributed by atoms with Crippen molar-refractivity contribution >= 4 is 12.0 Å². The first-order valence-corrected chi connectivity index (χ1v) is 5.63. The number of rotatable bonds is 9. The number of nitrogens with one attached hydrogen (secondary N) is 2. The molecular weight excluding hydrogens is 240 g/mol. The predicted octanol–water partition coefficient (Wildman–Crippen LogP) is -0.288. The highest BCUT2D eigenvalue weighted by Gasteiger charge is 2.24. The van der Waals surface area contributed by atoms with Crippen LogP contribution in [0.5, 0.6) is 0 Å². The summed E-state index contributed by atoms with van der Waals surface area (Å²) in [6, 6.07) is -1.98. The van der Waals surface area contributed by atoms with Crippen LogP contribution < -0.4 is 10.6 Å². The Bertz CT molecular complexity index is 281. The third-order valence-electron chi connectivity index (χ3n) is 2.03. The van der Waals surface area contributed by atoms with Crippen molar-refractivity contribution in [3.63, 3.8) is 0 Å². The van der Waals surface area contributed by atoms with Crippen molar-refractivity contribution in [3.05, 3.63) is 12.7 Å². The zero-order chi connectivity index (χ0) is 14.0. The van der Waals surface area contributed by atoms with Gasteiger partial charge < -0.3 is 25.6 Å². The SMILES string of the molecule is C=CCCOCCNC(=O)N[C@H](C(=O)O)[C@@H](C)O. The van der Waals surface area contributed by atoms with Crippen LogP contribution in [-0.4, -0.2) is 54.1 Å². The molecule has 0 aromatic carbocycles. The number of ether oxygens (including phenoxy) is 1. The van der Waals surface area contributed by atoms with Gasteiger partial charge in [0.1, 0.15) is 0 Å². The average molecular weight is 260 g/mol. The summed E-state index contributed by atoms with van der Waals surface area (Å²) in [6.07, 6.45) is 1.28. The molecule has 0 heterocycles. The Balaban J connectivity index is 3.75. The van der Waals surface area contributed by atoms with Crippen LogP contribution in [0.25, 0.3) is 0 Å². The standard InChI is InChI=1S/C11H20N2O5/c1-3-4-6-18-7-5-12-11(17)13-9(8(2)14)10(15)16/h3,8-9,14H,1,4-7H2,2H3,(H,15,16)(H2,12,13,17)/t8-,9+/m1/s1. The maximum atomic E-state index is 11.3. The molecule has 0 aromatic rings. The lowest BCUT2D eigenvalue weighted by molar-refractivity contribution is -0.141. The fraction of sp³-hybridized carbons (Fsp3) is 0.636. The maximum Gasteiger partial charge on any atom is 0.328 e. The van der Waals surface area contributed by atoms with Gasteiger partial charge in [0.2, 0.25) is 0 Å². The van der Waals surface area contributed by atoms with Crippen molar-refractivity contribution in [3.8, 4) is 0 Å². The van der Waals surface area contributed by atoms with Crippen LogP contribution in [0.2, 0.25) is 0 Å². The lowest BCUT2D eigenvalue weighted by atomic mass is 10.2. The lowest BCUT2D eigenvalue weighted by Gasteiger charge is -2.17. The number of hydrogen-bond donors (Lipinski definition) is 4. The van der Waals surface area contributed by atoms with Gasteiger partial charge in [0.15, 0.2) is 6.04 Å². The van der Waals surface area contributed by atoms with E-state index < -0.39 is 24.1 Å². The number of carbonyl (C=O) groups is 2. The van der Waals surface area contributed by atoms with E-state index >= 15 is 0 Å². The molecule has 0 rings (SSSR count). The second kappa shape index (κ2) is 9.43. The Labute approximate surface area is 106 Å². The Hall–Kier alpha value is -1.60. The van der Waals surface area contributed by atoms with Crippen molar-refractivity contribution in [1.29, 1.82) is 0 Å². The third-order valence-corrected chi connectivity index (χ3v) is 2.03. The van der Waals surface area contributed by atoms with Crippen molar-refractivity contribution in [2.75, 3.05) is 19.8 Å². The molecule has 0 aliphatic carbocycles. The number of aliphatic hydroxyl groups excluding tert-OH is 1. The van der Waals surface area contributed by atoms with Gasteiger partial charge in [0.05, 0.1) is 19.3 Å². The normalized spacial score (nSPS) is 13.4. The number of carboxylic acids is 1. The number of amides is 2. The number of urea groups is 1. The molecule has 18 heavy (non-hydrogen) atoms. The summed E-state index contributed by atoms with van der Waals surface area (Å²) in [5.74, 6) is -1.29. The molecule has 4 N–H and O–H groups in total. The first-order valence-electron chi connectivity index (χ1n) is 5.63. The number of carboxylic acid groups (broad SMARTS) is 1. The number of hydrogen-bond acceptors (Lipinski definition) is 4. The second-order valence-corrected chi connectivity index (χ2v) is 3.65. The van der Waals surface area contributed by atoms with Crippen molar-refractivity contribution in [1.82, 2.24) is 10.6 Å². The molecule has 0 bridgehead atoms. The van der Waals surface area contributed by atoms with Crippen LogP contribution in [0.4, 0.5) is 4.79 Å². The molecule has 0 aromatic heterocycles. The van der Waals surface area contributed by atoms with Gasteiger partial charge in [0, 0.05) is 6.54 Å². The van der Waals surface area contributed by atoms with E-state index in [1.165, 1.54) is 6.92 Å². The minimum absolute atomic E-state index is 0.259. The topological polar surface area (TPSA) is 108 Å².